The van der Waals surface area contributed by atoms with Crippen LogP contribution < -0.4 is 4.90 Å². The van der Waals surface area contributed by atoms with E-state index >= 15 is 0 Å². The van der Waals surface area contributed by atoms with Crippen molar-refractivity contribution in [2.75, 3.05) is 31.1 Å². The summed E-state index contributed by atoms with van der Waals surface area (Å²) in [6.07, 6.45) is -2.03. The molecule has 1 aliphatic heterocycles. The lowest BCUT2D eigenvalue weighted by Gasteiger charge is -2.35. The first kappa shape index (κ1) is 16.6. The first-order valence-electron chi connectivity index (χ1n) is 7.26. The first-order valence-corrected chi connectivity index (χ1v) is 7.64. The summed E-state index contributed by atoms with van der Waals surface area (Å²) in [7, 11) is 0. The predicted molar refractivity (Wildman–Crippen MR) is 83.2 cm³/mol. The lowest BCUT2D eigenvalue weighted by Crippen LogP contribution is -2.49. The molecule has 0 unspecified atom stereocenters. The zero-order chi connectivity index (χ0) is 17.3. The number of pyridine rings is 1. The molecular weight excluding hydrogens is 345 g/mol. The number of amides is 1. The van der Waals surface area contributed by atoms with Gasteiger partial charge in [-0.2, -0.15) is 13.2 Å². The van der Waals surface area contributed by atoms with Gasteiger partial charge in [0, 0.05) is 38.6 Å². The van der Waals surface area contributed by atoms with Crippen molar-refractivity contribution in [2.45, 2.75) is 6.18 Å². The van der Waals surface area contributed by atoms with Crippen molar-refractivity contribution < 1.29 is 18.0 Å². The number of piperazine rings is 1. The van der Waals surface area contributed by atoms with E-state index in [1.807, 2.05) is 4.90 Å². The van der Waals surface area contributed by atoms with E-state index < -0.39 is 11.7 Å². The summed E-state index contributed by atoms with van der Waals surface area (Å²) in [4.78, 5) is 22.5. The number of halogens is 4. The lowest BCUT2D eigenvalue weighted by molar-refractivity contribution is -0.137. The maximum Gasteiger partial charge on any atom is 0.417 e. The van der Waals surface area contributed by atoms with E-state index in [9.17, 15) is 18.0 Å². The van der Waals surface area contributed by atoms with Gasteiger partial charge in [-0.25, -0.2) is 4.98 Å². The minimum Gasteiger partial charge on any atom is -0.356 e. The second-order valence-electron chi connectivity index (χ2n) is 5.41. The molecule has 0 atom stereocenters. The number of hydrogen-bond donors (Lipinski definition) is 1. The third kappa shape index (κ3) is 3.48. The van der Waals surface area contributed by atoms with Crippen LogP contribution in [0.5, 0.6) is 0 Å². The van der Waals surface area contributed by atoms with Gasteiger partial charge in [0.05, 0.1) is 10.6 Å². The normalized spacial score (nSPS) is 15.7. The highest BCUT2D eigenvalue weighted by Crippen LogP contribution is 2.29. The first-order chi connectivity index (χ1) is 11.3. The summed E-state index contributed by atoms with van der Waals surface area (Å²) in [6.45, 7) is 1.91. The molecule has 1 N–H and O–H groups in total. The van der Waals surface area contributed by atoms with Crippen LogP contribution in [-0.2, 0) is 6.18 Å². The molecule has 0 saturated carbocycles. The molecule has 2 aromatic heterocycles. The SMILES string of the molecule is O=C(c1cc(Cl)c[nH]1)N1CCN(c2ccc(C(F)(F)F)cn2)CC1. The van der Waals surface area contributed by atoms with Gasteiger partial charge in [0.1, 0.15) is 11.5 Å². The van der Waals surface area contributed by atoms with E-state index in [0.717, 1.165) is 12.3 Å². The van der Waals surface area contributed by atoms with Gasteiger partial charge in [-0.1, -0.05) is 11.6 Å². The van der Waals surface area contributed by atoms with Crippen molar-refractivity contribution in [1.29, 1.82) is 0 Å². The number of aromatic nitrogens is 2. The Morgan fingerprint density at radius 3 is 2.42 bits per heavy atom. The van der Waals surface area contributed by atoms with Gasteiger partial charge in [-0.05, 0) is 18.2 Å². The minimum absolute atomic E-state index is 0.151. The molecule has 1 fully saturated rings. The Hall–Kier alpha value is -2.22. The van der Waals surface area contributed by atoms with Crippen molar-refractivity contribution in [3.05, 3.63) is 46.9 Å². The van der Waals surface area contributed by atoms with Crippen LogP contribution in [0.1, 0.15) is 16.1 Å². The number of aromatic amines is 1. The van der Waals surface area contributed by atoms with Gasteiger partial charge < -0.3 is 14.8 Å². The molecule has 0 aliphatic carbocycles. The topological polar surface area (TPSA) is 52.2 Å². The van der Waals surface area contributed by atoms with Crippen LogP contribution in [0.2, 0.25) is 5.02 Å². The monoisotopic (exact) mass is 358 g/mol. The van der Waals surface area contributed by atoms with E-state index in [-0.39, 0.29) is 5.91 Å². The zero-order valence-corrected chi connectivity index (χ0v) is 13.2. The molecule has 3 rings (SSSR count). The van der Waals surface area contributed by atoms with E-state index in [2.05, 4.69) is 9.97 Å². The molecule has 1 aliphatic rings. The minimum atomic E-state index is -4.39. The van der Waals surface area contributed by atoms with Gasteiger partial charge >= 0.3 is 6.18 Å². The summed E-state index contributed by atoms with van der Waals surface area (Å²) >= 11 is 5.79. The van der Waals surface area contributed by atoms with Crippen LogP contribution in [0.15, 0.2) is 30.6 Å². The molecule has 9 heteroatoms. The molecular formula is C15H14ClF3N4O. The van der Waals surface area contributed by atoms with Crippen molar-refractivity contribution in [2.24, 2.45) is 0 Å². The zero-order valence-electron chi connectivity index (χ0n) is 12.5. The maximum absolute atomic E-state index is 12.6. The standard InChI is InChI=1S/C15H14ClF3N4O/c16-11-7-12(20-9-11)14(24)23-5-3-22(4-6-23)13-2-1-10(8-21-13)15(17,18)19/h1-2,7-9,20H,3-6H2. The number of rotatable bonds is 2. The number of anilines is 1. The number of hydrogen-bond acceptors (Lipinski definition) is 3. The highest BCUT2D eigenvalue weighted by molar-refractivity contribution is 6.30. The Balaban J connectivity index is 1.61. The molecule has 0 aromatic carbocycles. The summed E-state index contributed by atoms with van der Waals surface area (Å²) in [5.74, 6) is 0.319. The van der Waals surface area contributed by atoms with E-state index in [0.29, 0.717) is 42.7 Å². The number of nitrogens with zero attached hydrogens (tertiary/aromatic N) is 3. The summed E-state index contributed by atoms with van der Waals surface area (Å²) in [5, 5.41) is 0.464. The molecule has 0 bridgehead atoms. The van der Waals surface area contributed by atoms with Crippen LogP contribution in [0, 0.1) is 0 Å². The van der Waals surface area contributed by atoms with Crippen LogP contribution in [0.3, 0.4) is 0 Å². The summed E-state index contributed by atoms with van der Waals surface area (Å²) in [6, 6.07) is 3.93. The average Bonchev–Trinajstić information content (AvgIpc) is 3.00. The van der Waals surface area contributed by atoms with Gasteiger partial charge in [0.15, 0.2) is 0 Å². The molecule has 0 spiro atoms. The highest BCUT2D eigenvalue weighted by atomic mass is 35.5. The maximum atomic E-state index is 12.6. The molecule has 1 saturated heterocycles. The molecule has 1 amide bonds. The van der Waals surface area contributed by atoms with Crippen LogP contribution in [0.4, 0.5) is 19.0 Å². The van der Waals surface area contributed by atoms with E-state index in [1.165, 1.54) is 12.3 Å². The smallest absolute Gasteiger partial charge is 0.356 e. The summed E-state index contributed by atoms with van der Waals surface area (Å²) in [5.41, 5.74) is -0.357. The Morgan fingerprint density at radius 2 is 1.92 bits per heavy atom. The van der Waals surface area contributed by atoms with Gasteiger partial charge in [-0.15, -0.1) is 0 Å². The number of carbonyl (C=O) groups excluding carboxylic acids is 1. The Labute approximate surface area is 141 Å². The van der Waals surface area contributed by atoms with Gasteiger partial charge in [0.25, 0.3) is 5.91 Å². The Morgan fingerprint density at radius 1 is 1.21 bits per heavy atom. The third-order valence-electron chi connectivity index (χ3n) is 3.84. The molecule has 5 nitrogen and oxygen atoms in total. The fourth-order valence-corrected chi connectivity index (χ4v) is 2.70. The lowest BCUT2D eigenvalue weighted by atomic mass is 10.2. The Kier molecular flexibility index (Phi) is 4.40. The second kappa shape index (κ2) is 6.35. The van der Waals surface area contributed by atoms with Gasteiger partial charge in [-0.3, -0.25) is 4.79 Å². The van der Waals surface area contributed by atoms with E-state index in [4.69, 9.17) is 11.6 Å². The summed E-state index contributed by atoms with van der Waals surface area (Å²) < 4.78 is 37.7. The second-order valence-corrected chi connectivity index (χ2v) is 5.85. The average molecular weight is 359 g/mol. The fraction of sp³-hybridized carbons (Fsp3) is 0.333. The van der Waals surface area contributed by atoms with E-state index in [1.54, 1.807) is 11.0 Å². The number of alkyl halides is 3. The quantitative estimate of drug-likeness (QED) is 0.897. The molecule has 24 heavy (non-hydrogen) atoms. The predicted octanol–water partition coefficient (Wildman–Crippen LogP) is 3.04. The van der Waals surface area contributed by atoms with Crippen molar-refractivity contribution in [3.8, 4) is 0 Å². The van der Waals surface area contributed by atoms with Crippen molar-refractivity contribution in [1.82, 2.24) is 14.9 Å². The van der Waals surface area contributed by atoms with Crippen molar-refractivity contribution >= 4 is 23.3 Å². The third-order valence-corrected chi connectivity index (χ3v) is 4.06. The largest absolute Gasteiger partial charge is 0.417 e. The van der Waals surface area contributed by atoms with Gasteiger partial charge in [0.2, 0.25) is 0 Å². The molecule has 0 radical (unpaired) electrons. The highest BCUT2D eigenvalue weighted by Gasteiger charge is 2.31. The van der Waals surface area contributed by atoms with Crippen molar-refractivity contribution in [3.63, 3.8) is 0 Å². The van der Waals surface area contributed by atoms with Crippen LogP contribution in [0.25, 0.3) is 0 Å². The Bertz CT molecular complexity index is 721. The van der Waals surface area contributed by atoms with Crippen LogP contribution in [-0.4, -0.2) is 47.0 Å². The fourth-order valence-electron chi connectivity index (χ4n) is 2.54. The number of nitrogens with one attached hydrogen (secondary N) is 1. The molecule has 2 aromatic rings. The number of carbonyl (C=O) groups is 1. The molecule has 128 valence electrons. The number of H-pyrrole nitrogens is 1. The van der Waals surface area contributed by atoms with Crippen LogP contribution >= 0.6 is 11.6 Å². The molecule has 3 heterocycles.